The van der Waals surface area contributed by atoms with Gasteiger partial charge in [0.2, 0.25) is 17.7 Å². The molecule has 0 bridgehead atoms. The number of hydrogen-bond acceptors (Lipinski definition) is 5. The normalized spacial score (nSPS) is 20.8. The fourth-order valence-electron chi connectivity index (χ4n) is 4.22. The van der Waals surface area contributed by atoms with E-state index in [0.29, 0.717) is 24.7 Å². The van der Waals surface area contributed by atoms with Crippen molar-refractivity contribution in [2.75, 3.05) is 20.3 Å². The molecule has 0 radical (unpaired) electrons. The van der Waals surface area contributed by atoms with Crippen molar-refractivity contribution < 1.29 is 23.9 Å². The first kappa shape index (κ1) is 22.1. The van der Waals surface area contributed by atoms with E-state index in [9.17, 15) is 14.4 Å². The Hall–Kier alpha value is -2.57. The Morgan fingerprint density at radius 3 is 2.47 bits per heavy atom. The second kappa shape index (κ2) is 10.5. The molecule has 3 amide bonds. The van der Waals surface area contributed by atoms with Crippen LogP contribution in [0.25, 0.3) is 0 Å². The van der Waals surface area contributed by atoms with E-state index in [2.05, 4.69) is 12.2 Å². The molecule has 30 heavy (non-hydrogen) atoms. The maximum atomic E-state index is 12.5. The summed E-state index contributed by atoms with van der Waals surface area (Å²) in [5, 5.41) is 2.85. The number of methoxy groups -OCH3 is 1. The van der Waals surface area contributed by atoms with Gasteiger partial charge in [-0.25, -0.2) is 0 Å². The SMILES string of the molecule is CCCCOc1ccc(CNC(=O)CCN2C(=O)C3CCCCC3C2=O)cc1OC. The predicted molar refractivity (Wildman–Crippen MR) is 112 cm³/mol. The Morgan fingerprint density at radius 1 is 1.13 bits per heavy atom. The molecule has 1 N–H and O–H groups in total. The van der Waals surface area contributed by atoms with Crippen molar-refractivity contribution in [2.24, 2.45) is 11.8 Å². The Kier molecular flexibility index (Phi) is 7.71. The zero-order chi connectivity index (χ0) is 21.5. The van der Waals surface area contributed by atoms with Gasteiger partial charge in [0, 0.05) is 19.5 Å². The first-order chi connectivity index (χ1) is 14.5. The van der Waals surface area contributed by atoms with Gasteiger partial charge in [-0.1, -0.05) is 32.3 Å². The number of likely N-dealkylation sites (tertiary alicyclic amines) is 1. The topological polar surface area (TPSA) is 84.9 Å². The van der Waals surface area contributed by atoms with Gasteiger partial charge in [0.1, 0.15) is 0 Å². The minimum Gasteiger partial charge on any atom is -0.493 e. The smallest absolute Gasteiger partial charge is 0.233 e. The molecule has 1 aromatic rings. The molecule has 2 unspecified atom stereocenters. The minimum absolute atomic E-state index is 0.0964. The van der Waals surface area contributed by atoms with Crippen LogP contribution in [0.1, 0.15) is 57.4 Å². The van der Waals surface area contributed by atoms with Crippen LogP contribution in [0.15, 0.2) is 18.2 Å². The van der Waals surface area contributed by atoms with Crippen LogP contribution in [-0.4, -0.2) is 42.9 Å². The van der Waals surface area contributed by atoms with Gasteiger partial charge in [0.05, 0.1) is 25.6 Å². The number of hydrogen-bond donors (Lipinski definition) is 1. The van der Waals surface area contributed by atoms with Crippen molar-refractivity contribution in [3.05, 3.63) is 23.8 Å². The summed E-state index contributed by atoms with van der Waals surface area (Å²) in [6, 6.07) is 5.58. The molecule has 7 nitrogen and oxygen atoms in total. The lowest BCUT2D eigenvalue weighted by atomic mass is 9.81. The number of imide groups is 1. The van der Waals surface area contributed by atoms with Gasteiger partial charge in [0.25, 0.3) is 0 Å². The quantitative estimate of drug-likeness (QED) is 0.468. The minimum atomic E-state index is -0.187. The fraction of sp³-hybridized carbons (Fsp3) is 0.609. The van der Waals surface area contributed by atoms with E-state index in [0.717, 1.165) is 44.1 Å². The molecule has 2 atom stereocenters. The van der Waals surface area contributed by atoms with Gasteiger partial charge < -0.3 is 14.8 Å². The third-order valence-electron chi connectivity index (χ3n) is 5.97. The van der Waals surface area contributed by atoms with E-state index >= 15 is 0 Å². The van der Waals surface area contributed by atoms with Crippen molar-refractivity contribution >= 4 is 17.7 Å². The van der Waals surface area contributed by atoms with Gasteiger partial charge in [-0.05, 0) is 37.0 Å². The van der Waals surface area contributed by atoms with Crippen LogP contribution in [0, 0.1) is 11.8 Å². The number of nitrogens with one attached hydrogen (secondary N) is 1. The van der Waals surface area contributed by atoms with Gasteiger partial charge in [-0.3, -0.25) is 19.3 Å². The highest BCUT2D eigenvalue weighted by molar-refractivity contribution is 6.05. The molecule has 1 saturated heterocycles. The molecule has 1 aromatic carbocycles. The molecular formula is C23H32N2O5. The molecule has 1 saturated carbocycles. The molecule has 1 aliphatic carbocycles. The van der Waals surface area contributed by atoms with Crippen molar-refractivity contribution in [1.29, 1.82) is 0 Å². The van der Waals surface area contributed by atoms with Crippen molar-refractivity contribution in [2.45, 2.75) is 58.4 Å². The number of nitrogens with zero attached hydrogens (tertiary/aromatic N) is 1. The van der Waals surface area contributed by atoms with Gasteiger partial charge in [0.15, 0.2) is 11.5 Å². The third kappa shape index (κ3) is 5.12. The Morgan fingerprint density at radius 2 is 1.83 bits per heavy atom. The first-order valence-electron chi connectivity index (χ1n) is 11.0. The first-order valence-corrected chi connectivity index (χ1v) is 11.0. The molecule has 164 valence electrons. The molecule has 7 heteroatoms. The van der Waals surface area contributed by atoms with Gasteiger partial charge in [-0.2, -0.15) is 0 Å². The molecule has 2 aliphatic rings. The van der Waals surface area contributed by atoms with E-state index in [1.165, 1.54) is 4.90 Å². The maximum Gasteiger partial charge on any atom is 0.233 e. The number of carbonyl (C=O) groups is 3. The number of unbranched alkanes of at least 4 members (excludes halogenated alkanes) is 1. The molecule has 1 heterocycles. The van der Waals surface area contributed by atoms with Crippen LogP contribution < -0.4 is 14.8 Å². The third-order valence-corrected chi connectivity index (χ3v) is 5.97. The molecule has 2 fully saturated rings. The molecule has 0 spiro atoms. The summed E-state index contributed by atoms with van der Waals surface area (Å²) >= 11 is 0. The number of benzene rings is 1. The molecular weight excluding hydrogens is 384 g/mol. The highest BCUT2D eigenvalue weighted by Crippen LogP contribution is 2.38. The second-order valence-corrected chi connectivity index (χ2v) is 8.04. The zero-order valence-electron chi connectivity index (χ0n) is 17.9. The molecule has 0 aromatic heterocycles. The maximum absolute atomic E-state index is 12.5. The van der Waals surface area contributed by atoms with E-state index in [1.807, 2.05) is 18.2 Å². The van der Waals surface area contributed by atoms with Crippen molar-refractivity contribution in [3.8, 4) is 11.5 Å². The molecule has 1 aliphatic heterocycles. The van der Waals surface area contributed by atoms with E-state index in [-0.39, 0.29) is 42.5 Å². The van der Waals surface area contributed by atoms with Crippen molar-refractivity contribution in [1.82, 2.24) is 10.2 Å². The lowest BCUT2D eigenvalue weighted by Gasteiger charge is -2.19. The van der Waals surface area contributed by atoms with Gasteiger partial charge in [-0.15, -0.1) is 0 Å². The van der Waals surface area contributed by atoms with E-state index in [1.54, 1.807) is 7.11 Å². The van der Waals surface area contributed by atoms with E-state index < -0.39 is 0 Å². The van der Waals surface area contributed by atoms with Crippen LogP contribution >= 0.6 is 0 Å². The lowest BCUT2D eigenvalue weighted by Crippen LogP contribution is -2.35. The number of rotatable bonds is 10. The second-order valence-electron chi connectivity index (χ2n) is 8.04. The molecule has 3 rings (SSSR count). The van der Waals surface area contributed by atoms with Gasteiger partial charge >= 0.3 is 0 Å². The average Bonchev–Trinajstić information content (AvgIpc) is 3.01. The van der Waals surface area contributed by atoms with E-state index in [4.69, 9.17) is 9.47 Å². The predicted octanol–water partition coefficient (Wildman–Crippen LogP) is 3.06. The number of amides is 3. The zero-order valence-corrected chi connectivity index (χ0v) is 17.9. The van der Waals surface area contributed by atoms with Crippen LogP contribution in [0.2, 0.25) is 0 Å². The standard InChI is InChI=1S/C23H32N2O5/c1-3-4-13-30-19-10-9-16(14-20(19)29-2)15-24-21(26)11-12-25-22(27)17-7-5-6-8-18(17)23(25)28/h9-10,14,17-18H,3-8,11-13,15H2,1-2H3,(H,24,26). The Balaban J connectivity index is 1.47. The monoisotopic (exact) mass is 416 g/mol. The summed E-state index contributed by atoms with van der Waals surface area (Å²) in [6.07, 6.45) is 5.73. The fourth-order valence-corrected chi connectivity index (χ4v) is 4.22. The van der Waals surface area contributed by atoms with Crippen molar-refractivity contribution in [3.63, 3.8) is 0 Å². The summed E-state index contributed by atoms with van der Waals surface area (Å²) in [6.45, 7) is 3.25. The summed E-state index contributed by atoms with van der Waals surface area (Å²) in [5.41, 5.74) is 0.891. The average molecular weight is 417 g/mol. The summed E-state index contributed by atoms with van der Waals surface area (Å²) in [7, 11) is 1.59. The summed E-state index contributed by atoms with van der Waals surface area (Å²) in [5.74, 6) is 0.608. The number of ether oxygens (including phenoxy) is 2. The van der Waals surface area contributed by atoms with Crippen LogP contribution in [0.3, 0.4) is 0 Å². The highest BCUT2D eigenvalue weighted by atomic mass is 16.5. The Bertz CT molecular complexity index is 755. The number of fused-ring (bicyclic) bond motifs is 1. The summed E-state index contributed by atoms with van der Waals surface area (Å²) in [4.78, 5) is 38.6. The highest BCUT2D eigenvalue weighted by Gasteiger charge is 2.47. The largest absolute Gasteiger partial charge is 0.493 e. The van der Waals surface area contributed by atoms with Crippen LogP contribution in [0.5, 0.6) is 11.5 Å². The van der Waals surface area contributed by atoms with Crippen LogP contribution in [-0.2, 0) is 20.9 Å². The Labute approximate surface area is 178 Å². The summed E-state index contributed by atoms with van der Waals surface area (Å²) < 4.78 is 11.1. The van der Waals surface area contributed by atoms with Crippen LogP contribution in [0.4, 0.5) is 0 Å². The number of carbonyl (C=O) groups excluding carboxylic acids is 3. The lowest BCUT2D eigenvalue weighted by molar-refractivity contribution is -0.140.